The molecule has 2 rings (SSSR count). The van der Waals surface area contributed by atoms with Crippen molar-refractivity contribution in [3.05, 3.63) is 35.4 Å². The van der Waals surface area contributed by atoms with Crippen molar-refractivity contribution in [1.29, 1.82) is 0 Å². The molecule has 3 nitrogen and oxygen atoms in total. The van der Waals surface area contributed by atoms with Crippen LogP contribution in [0.2, 0.25) is 0 Å². The van der Waals surface area contributed by atoms with Gasteiger partial charge in [0.05, 0.1) is 0 Å². The number of carbonyl (C=O) groups is 1. The lowest BCUT2D eigenvalue weighted by Crippen LogP contribution is -2.41. The molecule has 14 heavy (non-hydrogen) atoms. The third-order valence-electron chi connectivity index (χ3n) is 2.59. The summed E-state index contributed by atoms with van der Waals surface area (Å²) in [5.74, 6) is -0.802. The first kappa shape index (κ1) is 9.21. The quantitative estimate of drug-likeness (QED) is 0.704. The van der Waals surface area contributed by atoms with Crippen LogP contribution < -0.4 is 5.32 Å². The molecule has 0 saturated carbocycles. The van der Waals surface area contributed by atoms with Gasteiger partial charge in [-0.15, -0.1) is 0 Å². The largest absolute Gasteiger partial charge is 0.480 e. The van der Waals surface area contributed by atoms with Gasteiger partial charge in [-0.1, -0.05) is 24.3 Å². The van der Waals surface area contributed by atoms with E-state index in [1.807, 2.05) is 31.2 Å². The smallest absolute Gasteiger partial charge is 0.325 e. The zero-order chi connectivity index (χ0) is 10.1. The fraction of sp³-hybridized carbons (Fsp3) is 0.364. The summed E-state index contributed by atoms with van der Waals surface area (Å²) in [6, 6.07) is 7.40. The molecule has 0 bridgehead atoms. The minimum Gasteiger partial charge on any atom is -0.480 e. The second-order valence-electron chi connectivity index (χ2n) is 3.74. The van der Waals surface area contributed by atoms with E-state index in [0.717, 1.165) is 17.5 Å². The van der Waals surface area contributed by atoms with Crippen LogP contribution in [0.4, 0.5) is 0 Å². The van der Waals surface area contributed by atoms with Crippen molar-refractivity contribution in [1.82, 2.24) is 5.32 Å². The van der Waals surface area contributed by atoms with Crippen LogP contribution in [0.3, 0.4) is 0 Å². The van der Waals surface area contributed by atoms with Crippen LogP contribution in [-0.2, 0) is 11.2 Å². The highest BCUT2D eigenvalue weighted by Crippen LogP contribution is 2.24. The Kier molecular flexibility index (Phi) is 2.25. The maximum atomic E-state index is 11.0. The zero-order valence-corrected chi connectivity index (χ0v) is 8.03. The second-order valence-corrected chi connectivity index (χ2v) is 3.74. The standard InChI is InChI=1S/C11H13NO2/c1-7-6-8-4-2-3-5-9(8)10(12-7)11(13)14/h2-5,7,10,12H,6H2,1H3,(H,13,14). The van der Waals surface area contributed by atoms with E-state index in [1.165, 1.54) is 0 Å². The van der Waals surface area contributed by atoms with Crippen molar-refractivity contribution in [3.8, 4) is 0 Å². The average Bonchev–Trinajstić information content (AvgIpc) is 2.16. The van der Waals surface area contributed by atoms with Gasteiger partial charge >= 0.3 is 5.97 Å². The van der Waals surface area contributed by atoms with Gasteiger partial charge < -0.3 is 5.11 Å². The highest BCUT2D eigenvalue weighted by atomic mass is 16.4. The lowest BCUT2D eigenvalue weighted by atomic mass is 9.91. The Morgan fingerprint density at radius 2 is 2.21 bits per heavy atom. The van der Waals surface area contributed by atoms with Crippen molar-refractivity contribution in [2.75, 3.05) is 0 Å². The fourth-order valence-corrected chi connectivity index (χ4v) is 1.97. The number of hydrogen-bond acceptors (Lipinski definition) is 2. The Hall–Kier alpha value is -1.35. The molecule has 2 atom stereocenters. The summed E-state index contributed by atoms with van der Waals surface area (Å²) >= 11 is 0. The molecule has 0 aromatic heterocycles. The van der Waals surface area contributed by atoms with Crippen molar-refractivity contribution in [2.24, 2.45) is 0 Å². The molecule has 1 aliphatic heterocycles. The van der Waals surface area contributed by atoms with Gasteiger partial charge in [-0.3, -0.25) is 10.1 Å². The first-order chi connectivity index (χ1) is 6.68. The molecule has 2 unspecified atom stereocenters. The van der Waals surface area contributed by atoms with Gasteiger partial charge in [0.25, 0.3) is 0 Å². The molecule has 0 aliphatic carbocycles. The van der Waals surface area contributed by atoms with Gasteiger partial charge in [0.15, 0.2) is 0 Å². The highest BCUT2D eigenvalue weighted by Gasteiger charge is 2.28. The molecule has 74 valence electrons. The van der Waals surface area contributed by atoms with Crippen LogP contribution in [0.25, 0.3) is 0 Å². The molecule has 1 heterocycles. The van der Waals surface area contributed by atoms with Gasteiger partial charge in [0, 0.05) is 6.04 Å². The van der Waals surface area contributed by atoms with E-state index in [9.17, 15) is 4.79 Å². The number of fused-ring (bicyclic) bond motifs is 1. The monoisotopic (exact) mass is 191 g/mol. The first-order valence-corrected chi connectivity index (χ1v) is 4.75. The van der Waals surface area contributed by atoms with E-state index in [2.05, 4.69) is 5.32 Å². The number of aliphatic carboxylic acids is 1. The van der Waals surface area contributed by atoms with Crippen LogP contribution in [0.15, 0.2) is 24.3 Å². The highest BCUT2D eigenvalue weighted by molar-refractivity contribution is 5.76. The molecular formula is C11H13NO2. The molecule has 1 aliphatic rings. The Bertz CT molecular complexity index is 362. The third kappa shape index (κ3) is 1.51. The predicted octanol–water partition coefficient (Wildman–Crippen LogP) is 1.35. The van der Waals surface area contributed by atoms with E-state index in [1.54, 1.807) is 0 Å². The van der Waals surface area contributed by atoms with Crippen molar-refractivity contribution >= 4 is 5.97 Å². The second kappa shape index (κ2) is 3.42. The summed E-state index contributed by atoms with van der Waals surface area (Å²) in [6.45, 7) is 2.01. The van der Waals surface area contributed by atoms with Crippen molar-refractivity contribution in [2.45, 2.75) is 25.4 Å². The van der Waals surface area contributed by atoms with E-state index >= 15 is 0 Å². The van der Waals surface area contributed by atoms with Crippen LogP contribution in [0.1, 0.15) is 24.1 Å². The van der Waals surface area contributed by atoms with Gasteiger partial charge in [-0.2, -0.15) is 0 Å². The number of carboxylic acids is 1. The van der Waals surface area contributed by atoms with Crippen molar-refractivity contribution in [3.63, 3.8) is 0 Å². The van der Waals surface area contributed by atoms with Gasteiger partial charge in [0.1, 0.15) is 6.04 Å². The first-order valence-electron chi connectivity index (χ1n) is 4.75. The zero-order valence-electron chi connectivity index (χ0n) is 8.03. The Morgan fingerprint density at radius 1 is 1.50 bits per heavy atom. The molecule has 2 N–H and O–H groups in total. The topological polar surface area (TPSA) is 49.3 Å². The number of hydrogen-bond donors (Lipinski definition) is 2. The van der Waals surface area contributed by atoms with Crippen molar-refractivity contribution < 1.29 is 9.90 Å². The normalized spacial score (nSPS) is 25.5. The van der Waals surface area contributed by atoms with Crippen LogP contribution in [0.5, 0.6) is 0 Å². The van der Waals surface area contributed by atoms with Gasteiger partial charge in [-0.25, -0.2) is 0 Å². The average molecular weight is 191 g/mol. The Labute approximate surface area is 82.8 Å². The minimum absolute atomic E-state index is 0.228. The molecule has 0 amide bonds. The number of benzene rings is 1. The molecule has 0 fully saturated rings. The summed E-state index contributed by atoms with van der Waals surface area (Å²) in [7, 11) is 0. The van der Waals surface area contributed by atoms with E-state index in [4.69, 9.17) is 5.11 Å². The summed E-state index contributed by atoms with van der Waals surface area (Å²) in [5.41, 5.74) is 2.05. The lowest BCUT2D eigenvalue weighted by molar-refractivity contribution is -0.140. The maximum Gasteiger partial charge on any atom is 0.325 e. The number of carboxylic acid groups (broad SMARTS) is 1. The molecular weight excluding hydrogens is 178 g/mol. The summed E-state index contributed by atoms with van der Waals surface area (Å²) in [4.78, 5) is 11.0. The SMILES string of the molecule is CC1Cc2ccccc2C(C(=O)O)N1. The molecule has 0 saturated heterocycles. The van der Waals surface area contributed by atoms with Crippen LogP contribution in [-0.4, -0.2) is 17.1 Å². The predicted molar refractivity (Wildman–Crippen MR) is 53.1 cm³/mol. The number of nitrogens with one attached hydrogen (secondary N) is 1. The van der Waals surface area contributed by atoms with E-state index in [-0.39, 0.29) is 6.04 Å². The summed E-state index contributed by atoms with van der Waals surface area (Å²) in [6.07, 6.45) is 0.903. The fourth-order valence-electron chi connectivity index (χ4n) is 1.97. The third-order valence-corrected chi connectivity index (χ3v) is 2.59. The molecule has 1 aromatic carbocycles. The molecule has 1 aromatic rings. The van der Waals surface area contributed by atoms with Gasteiger partial charge in [0.2, 0.25) is 0 Å². The van der Waals surface area contributed by atoms with Crippen LogP contribution >= 0.6 is 0 Å². The molecule has 0 radical (unpaired) electrons. The molecule has 3 heteroatoms. The van der Waals surface area contributed by atoms with Gasteiger partial charge in [-0.05, 0) is 24.5 Å². The van der Waals surface area contributed by atoms with Crippen LogP contribution in [0, 0.1) is 0 Å². The minimum atomic E-state index is -0.802. The maximum absolute atomic E-state index is 11.0. The van der Waals surface area contributed by atoms with E-state index in [0.29, 0.717) is 0 Å². The van der Waals surface area contributed by atoms with E-state index < -0.39 is 12.0 Å². The Balaban J connectivity index is 2.43. The Morgan fingerprint density at radius 3 is 2.93 bits per heavy atom. The molecule has 0 spiro atoms. The lowest BCUT2D eigenvalue weighted by Gasteiger charge is -2.28. The summed E-state index contributed by atoms with van der Waals surface area (Å²) in [5, 5.41) is 12.1. The summed E-state index contributed by atoms with van der Waals surface area (Å²) < 4.78 is 0. The number of rotatable bonds is 1.